The third kappa shape index (κ3) is 3.63. The summed E-state index contributed by atoms with van der Waals surface area (Å²) in [4.78, 5) is 14.0. The van der Waals surface area contributed by atoms with E-state index in [-0.39, 0.29) is 11.9 Å². The Morgan fingerprint density at radius 3 is 2.67 bits per heavy atom. The zero-order chi connectivity index (χ0) is 15.2. The zero-order valence-electron chi connectivity index (χ0n) is 12.0. The van der Waals surface area contributed by atoms with Crippen LogP contribution in [0.15, 0.2) is 47.1 Å². The fraction of sp³-hybridized carbons (Fsp3) is 0.250. The number of amides is 1. The van der Waals surface area contributed by atoms with Gasteiger partial charge in [0.2, 0.25) is 5.91 Å². The lowest BCUT2D eigenvalue weighted by molar-refractivity contribution is -0.122. The van der Waals surface area contributed by atoms with Crippen molar-refractivity contribution in [3.63, 3.8) is 0 Å². The molecule has 0 aliphatic heterocycles. The number of furan rings is 1. The van der Waals surface area contributed by atoms with Gasteiger partial charge in [0.15, 0.2) is 0 Å². The van der Waals surface area contributed by atoms with Crippen LogP contribution in [-0.2, 0) is 11.3 Å². The van der Waals surface area contributed by atoms with Crippen molar-refractivity contribution in [1.82, 2.24) is 5.32 Å². The summed E-state index contributed by atoms with van der Waals surface area (Å²) in [5.74, 6) is 0.634. The lowest BCUT2D eigenvalue weighted by Crippen LogP contribution is -2.43. The molecule has 1 unspecified atom stereocenters. The predicted octanol–water partition coefficient (Wildman–Crippen LogP) is 2.29. The maximum atomic E-state index is 12.1. The van der Waals surface area contributed by atoms with Gasteiger partial charge in [-0.15, -0.1) is 0 Å². The van der Waals surface area contributed by atoms with Gasteiger partial charge in [0.05, 0.1) is 24.4 Å². The van der Waals surface area contributed by atoms with E-state index in [1.807, 2.05) is 37.1 Å². The molecule has 2 rings (SSSR count). The lowest BCUT2D eigenvalue weighted by atomic mass is 10.2. The minimum Gasteiger partial charge on any atom is -0.467 e. The molecule has 0 bridgehead atoms. The van der Waals surface area contributed by atoms with Crippen LogP contribution in [0.2, 0.25) is 0 Å². The molecule has 1 amide bonds. The normalized spacial score (nSPS) is 11.5. The number of benzene rings is 1. The van der Waals surface area contributed by atoms with Crippen molar-refractivity contribution in [1.29, 1.82) is 5.26 Å². The van der Waals surface area contributed by atoms with Crippen LogP contribution >= 0.6 is 0 Å². The molecule has 2 aromatic rings. The molecular weight excluding hydrogens is 266 g/mol. The zero-order valence-corrected chi connectivity index (χ0v) is 12.0. The Kier molecular flexibility index (Phi) is 4.62. The summed E-state index contributed by atoms with van der Waals surface area (Å²) in [5, 5.41) is 11.6. The number of rotatable bonds is 5. The highest BCUT2D eigenvalue weighted by atomic mass is 16.3. The van der Waals surface area contributed by atoms with Crippen LogP contribution in [0.1, 0.15) is 18.2 Å². The molecule has 1 heterocycles. The molecule has 1 aromatic heterocycles. The fourth-order valence-electron chi connectivity index (χ4n) is 1.91. The van der Waals surface area contributed by atoms with Gasteiger partial charge in [-0.05, 0) is 43.3 Å². The largest absolute Gasteiger partial charge is 0.467 e. The van der Waals surface area contributed by atoms with Gasteiger partial charge >= 0.3 is 0 Å². The molecule has 1 atom stereocenters. The minimum atomic E-state index is -0.326. The van der Waals surface area contributed by atoms with Crippen LogP contribution in [0.3, 0.4) is 0 Å². The summed E-state index contributed by atoms with van der Waals surface area (Å²) in [7, 11) is 1.85. The first-order valence-electron chi connectivity index (χ1n) is 6.65. The highest BCUT2D eigenvalue weighted by Gasteiger charge is 2.18. The highest BCUT2D eigenvalue weighted by molar-refractivity contribution is 5.84. The molecule has 0 aliphatic rings. The van der Waals surface area contributed by atoms with Crippen LogP contribution in [-0.4, -0.2) is 19.0 Å². The van der Waals surface area contributed by atoms with Gasteiger partial charge in [0.25, 0.3) is 0 Å². The molecule has 5 nitrogen and oxygen atoms in total. The van der Waals surface area contributed by atoms with Crippen LogP contribution in [0.4, 0.5) is 5.69 Å². The average molecular weight is 283 g/mol. The summed E-state index contributed by atoms with van der Waals surface area (Å²) in [6.07, 6.45) is 1.58. The van der Waals surface area contributed by atoms with Crippen molar-refractivity contribution in [3.05, 3.63) is 54.0 Å². The van der Waals surface area contributed by atoms with Crippen molar-refractivity contribution in [2.75, 3.05) is 11.9 Å². The first-order valence-corrected chi connectivity index (χ1v) is 6.65. The number of hydrogen-bond acceptors (Lipinski definition) is 4. The third-order valence-electron chi connectivity index (χ3n) is 3.38. The number of carbonyl (C=O) groups excluding carboxylic acids is 1. The minimum absolute atomic E-state index is 0.0849. The van der Waals surface area contributed by atoms with Crippen molar-refractivity contribution >= 4 is 11.6 Å². The van der Waals surface area contributed by atoms with Gasteiger partial charge in [-0.2, -0.15) is 5.26 Å². The van der Waals surface area contributed by atoms with Gasteiger partial charge < -0.3 is 14.6 Å². The number of nitriles is 1. The molecule has 0 fully saturated rings. The Morgan fingerprint density at radius 2 is 2.10 bits per heavy atom. The molecule has 108 valence electrons. The lowest BCUT2D eigenvalue weighted by Gasteiger charge is -2.26. The summed E-state index contributed by atoms with van der Waals surface area (Å²) >= 11 is 0. The number of hydrogen-bond donors (Lipinski definition) is 1. The molecule has 5 heteroatoms. The predicted molar refractivity (Wildman–Crippen MR) is 79.6 cm³/mol. The van der Waals surface area contributed by atoms with Crippen molar-refractivity contribution < 1.29 is 9.21 Å². The summed E-state index contributed by atoms with van der Waals surface area (Å²) in [6.45, 7) is 2.20. The van der Waals surface area contributed by atoms with Crippen molar-refractivity contribution in [2.45, 2.75) is 19.5 Å². The number of carbonyl (C=O) groups is 1. The van der Waals surface area contributed by atoms with Gasteiger partial charge in [-0.25, -0.2) is 0 Å². The highest BCUT2D eigenvalue weighted by Crippen LogP contribution is 2.16. The van der Waals surface area contributed by atoms with E-state index in [9.17, 15) is 4.79 Å². The molecule has 0 radical (unpaired) electrons. The number of likely N-dealkylation sites (N-methyl/N-ethyl adjacent to an activating group) is 1. The van der Waals surface area contributed by atoms with Crippen LogP contribution in [0.25, 0.3) is 0 Å². The third-order valence-corrected chi connectivity index (χ3v) is 3.38. The van der Waals surface area contributed by atoms with Crippen LogP contribution in [0.5, 0.6) is 0 Å². The Balaban J connectivity index is 1.95. The number of anilines is 1. The molecular formula is C16H17N3O2. The summed E-state index contributed by atoms with van der Waals surface area (Å²) in [6, 6.07) is 12.5. The van der Waals surface area contributed by atoms with Crippen molar-refractivity contribution in [2.24, 2.45) is 0 Å². The Bertz CT molecular complexity index is 627. The molecule has 0 aliphatic carbocycles. The topological polar surface area (TPSA) is 69.3 Å². The average Bonchev–Trinajstić information content (AvgIpc) is 3.04. The SMILES string of the molecule is CC(C(=O)NCc1ccco1)N(C)c1ccc(C#N)cc1. The molecule has 0 saturated carbocycles. The first kappa shape index (κ1) is 14.7. The van der Waals surface area contributed by atoms with Crippen LogP contribution in [0, 0.1) is 11.3 Å². The maximum Gasteiger partial charge on any atom is 0.242 e. The van der Waals surface area contributed by atoms with E-state index in [1.165, 1.54) is 0 Å². The second-order valence-corrected chi connectivity index (χ2v) is 4.74. The van der Waals surface area contributed by atoms with E-state index in [0.717, 1.165) is 11.4 Å². The summed E-state index contributed by atoms with van der Waals surface area (Å²) in [5.41, 5.74) is 1.48. The van der Waals surface area contributed by atoms with Crippen molar-refractivity contribution in [3.8, 4) is 6.07 Å². The van der Waals surface area contributed by atoms with Gasteiger partial charge in [0, 0.05) is 12.7 Å². The van der Waals surface area contributed by atoms with Gasteiger partial charge in [-0.1, -0.05) is 0 Å². The standard InChI is InChI=1S/C16H17N3O2/c1-12(16(20)18-11-15-4-3-9-21-15)19(2)14-7-5-13(10-17)6-8-14/h3-9,12H,11H2,1-2H3,(H,18,20). The molecule has 1 aromatic carbocycles. The Morgan fingerprint density at radius 1 is 1.38 bits per heavy atom. The monoisotopic (exact) mass is 283 g/mol. The van der Waals surface area contributed by atoms with E-state index in [0.29, 0.717) is 12.1 Å². The first-order chi connectivity index (χ1) is 10.1. The Labute approximate surface area is 123 Å². The maximum absolute atomic E-state index is 12.1. The van der Waals surface area contributed by atoms with E-state index in [4.69, 9.17) is 9.68 Å². The van der Waals surface area contributed by atoms with Gasteiger partial charge in [0.1, 0.15) is 11.8 Å². The van der Waals surface area contributed by atoms with Gasteiger partial charge in [-0.3, -0.25) is 4.79 Å². The summed E-state index contributed by atoms with van der Waals surface area (Å²) < 4.78 is 5.18. The molecule has 1 N–H and O–H groups in total. The van der Waals surface area contributed by atoms with E-state index < -0.39 is 0 Å². The number of nitrogens with one attached hydrogen (secondary N) is 1. The second-order valence-electron chi connectivity index (χ2n) is 4.74. The van der Waals surface area contributed by atoms with Crippen LogP contribution < -0.4 is 10.2 Å². The fourth-order valence-corrected chi connectivity index (χ4v) is 1.91. The quantitative estimate of drug-likeness (QED) is 0.914. The molecule has 0 spiro atoms. The smallest absolute Gasteiger partial charge is 0.242 e. The van der Waals surface area contributed by atoms with E-state index in [1.54, 1.807) is 24.5 Å². The van der Waals surface area contributed by atoms with E-state index in [2.05, 4.69) is 11.4 Å². The second kappa shape index (κ2) is 6.62. The Hall–Kier alpha value is -2.74. The molecule has 0 saturated heterocycles. The van der Waals surface area contributed by atoms with E-state index >= 15 is 0 Å². The molecule has 21 heavy (non-hydrogen) atoms. The number of nitrogens with zero attached hydrogens (tertiary/aromatic N) is 2.